The van der Waals surface area contributed by atoms with E-state index in [2.05, 4.69) is 14.6 Å². The first-order valence-corrected chi connectivity index (χ1v) is 23.9. The van der Waals surface area contributed by atoms with Crippen LogP contribution in [0.5, 0.6) is 0 Å². The van der Waals surface area contributed by atoms with Gasteiger partial charge in [-0.3, -0.25) is 0 Å². The highest BCUT2D eigenvalue weighted by atomic mass is 35.5. The number of hydrogen-bond acceptors (Lipinski definition) is 7. The molecule has 4 heterocycles. The van der Waals surface area contributed by atoms with E-state index in [0.29, 0.717) is 21.5 Å². The first-order valence-electron chi connectivity index (χ1n) is 20.0. The smallest absolute Gasteiger partial charge is 0.245 e. The molecule has 4 aliphatic heterocycles. The van der Waals surface area contributed by atoms with Crippen LogP contribution in [0.3, 0.4) is 0 Å². The SMILES string of the molecule is O=C(NS(=O)(=O)N1CCC(F)(F)CC1)N1CC(c2ccccc2)C(c2ccc(Cl)cc2)=N1.O=S(=O)(N=C(Cl)N1CC(c2ccccc2)C(c2ccc(Cl)cc2)=N1)N1CCC(F)(F)CC1. The monoisotopic (exact) mass is 982 g/mol. The summed E-state index contributed by atoms with van der Waals surface area (Å²) in [6.45, 7) is -0.938. The lowest BCUT2D eigenvalue weighted by atomic mass is 9.91. The molecule has 2 amide bonds. The van der Waals surface area contributed by atoms with E-state index in [0.717, 1.165) is 35.9 Å². The summed E-state index contributed by atoms with van der Waals surface area (Å²) < 4.78 is 111. The van der Waals surface area contributed by atoms with Crippen molar-refractivity contribution in [2.24, 2.45) is 14.6 Å². The quantitative estimate of drug-likeness (QED) is 0.0811. The van der Waals surface area contributed by atoms with Gasteiger partial charge in [0, 0.05) is 73.7 Å². The first kappa shape index (κ1) is 47.3. The van der Waals surface area contributed by atoms with Gasteiger partial charge in [-0.15, -0.1) is 4.40 Å². The van der Waals surface area contributed by atoms with E-state index in [1.807, 2.05) is 77.5 Å². The Kier molecular flexibility index (Phi) is 14.4. The molecule has 0 bridgehead atoms. The fourth-order valence-electron chi connectivity index (χ4n) is 7.43. The third kappa shape index (κ3) is 11.6. The topological polar surface area (TPSA) is 147 Å². The maximum Gasteiger partial charge on any atom is 0.352 e. The van der Waals surface area contributed by atoms with Gasteiger partial charge in [0.25, 0.3) is 11.8 Å². The van der Waals surface area contributed by atoms with Crippen molar-refractivity contribution in [2.75, 3.05) is 39.3 Å². The van der Waals surface area contributed by atoms with Crippen molar-refractivity contribution in [1.82, 2.24) is 23.4 Å². The zero-order valence-electron chi connectivity index (χ0n) is 33.8. The molecule has 4 aliphatic rings. The molecule has 0 aromatic heterocycles. The Morgan fingerprint density at radius 2 is 1.00 bits per heavy atom. The molecule has 0 saturated carbocycles. The van der Waals surface area contributed by atoms with Crippen molar-refractivity contribution in [1.29, 1.82) is 0 Å². The Morgan fingerprint density at radius 3 is 1.44 bits per heavy atom. The number of carbonyl (C=O) groups excluding carboxylic acids is 1. The number of hydrogen-bond donors (Lipinski definition) is 1. The van der Waals surface area contributed by atoms with Gasteiger partial charge in [0.05, 0.1) is 24.5 Å². The average molecular weight is 984 g/mol. The summed E-state index contributed by atoms with van der Waals surface area (Å²) in [4.78, 5) is 12.8. The maximum atomic E-state index is 13.4. The normalized spacial score (nSPS) is 21.7. The summed E-state index contributed by atoms with van der Waals surface area (Å²) in [5.74, 6) is -6.22. The van der Waals surface area contributed by atoms with Crippen LogP contribution in [-0.2, 0) is 20.4 Å². The van der Waals surface area contributed by atoms with Crippen LogP contribution in [0, 0.1) is 0 Å². The molecule has 0 spiro atoms. The predicted octanol–water partition coefficient (Wildman–Crippen LogP) is 8.54. The third-order valence-electron chi connectivity index (χ3n) is 10.9. The lowest BCUT2D eigenvalue weighted by molar-refractivity contribution is -0.0419. The van der Waals surface area contributed by atoms with E-state index < -0.39 is 64.0 Å². The molecular weight excluding hydrogens is 943 g/mol. The molecule has 0 radical (unpaired) electrons. The van der Waals surface area contributed by atoms with Gasteiger partial charge in [-0.05, 0) is 58.1 Å². The highest BCUT2D eigenvalue weighted by molar-refractivity contribution is 7.88. The van der Waals surface area contributed by atoms with Crippen molar-refractivity contribution < 1.29 is 39.2 Å². The van der Waals surface area contributed by atoms with Crippen LogP contribution in [0.2, 0.25) is 10.0 Å². The molecule has 1 N–H and O–H groups in total. The highest BCUT2D eigenvalue weighted by Crippen LogP contribution is 2.34. The van der Waals surface area contributed by atoms with Gasteiger partial charge >= 0.3 is 26.4 Å². The summed E-state index contributed by atoms with van der Waals surface area (Å²) in [5, 5.41) is 12.1. The number of urea groups is 1. The minimum atomic E-state index is -4.27. The van der Waals surface area contributed by atoms with Crippen molar-refractivity contribution in [2.45, 2.75) is 49.4 Å². The molecule has 13 nitrogen and oxygen atoms in total. The van der Waals surface area contributed by atoms with Crippen molar-refractivity contribution >= 4 is 78.0 Å². The number of amides is 2. The summed E-state index contributed by atoms with van der Waals surface area (Å²) in [7, 11) is -8.48. The molecule has 22 heteroatoms. The summed E-state index contributed by atoms with van der Waals surface area (Å²) >= 11 is 18.3. The number of halogens is 7. The number of amidine groups is 1. The summed E-state index contributed by atoms with van der Waals surface area (Å²) in [6.07, 6.45) is -2.25. The molecule has 4 aromatic rings. The molecule has 8 rings (SSSR count). The Bertz CT molecular complexity index is 2610. The van der Waals surface area contributed by atoms with E-state index in [9.17, 15) is 39.2 Å². The highest BCUT2D eigenvalue weighted by Gasteiger charge is 2.41. The van der Waals surface area contributed by atoms with Gasteiger partial charge in [0.15, 0.2) is 0 Å². The number of rotatable bonds is 8. The zero-order chi connectivity index (χ0) is 45.9. The van der Waals surface area contributed by atoms with Crippen molar-refractivity contribution in [3.63, 3.8) is 0 Å². The maximum absolute atomic E-state index is 13.4. The number of carbonyl (C=O) groups is 1. The van der Waals surface area contributed by atoms with Gasteiger partial charge in [-0.25, -0.2) is 37.1 Å². The molecule has 340 valence electrons. The van der Waals surface area contributed by atoms with Crippen LogP contribution < -0.4 is 4.72 Å². The molecule has 64 heavy (non-hydrogen) atoms. The van der Waals surface area contributed by atoms with Gasteiger partial charge in [0.2, 0.25) is 5.29 Å². The van der Waals surface area contributed by atoms with Crippen LogP contribution in [0.25, 0.3) is 0 Å². The van der Waals surface area contributed by atoms with E-state index >= 15 is 0 Å². The third-order valence-corrected chi connectivity index (χ3v) is 14.7. The zero-order valence-corrected chi connectivity index (χ0v) is 37.7. The van der Waals surface area contributed by atoms with Crippen LogP contribution in [0.1, 0.15) is 59.8 Å². The van der Waals surface area contributed by atoms with Crippen LogP contribution in [0.4, 0.5) is 22.4 Å². The van der Waals surface area contributed by atoms with Crippen LogP contribution >= 0.6 is 34.8 Å². The number of alkyl halides is 4. The van der Waals surface area contributed by atoms with Gasteiger partial charge in [0.1, 0.15) is 0 Å². The molecule has 2 fully saturated rings. The molecule has 4 aromatic carbocycles. The number of benzene rings is 4. The lowest BCUT2D eigenvalue weighted by Gasteiger charge is -2.30. The lowest BCUT2D eigenvalue weighted by Crippen LogP contribution is -2.51. The summed E-state index contributed by atoms with van der Waals surface area (Å²) in [5.41, 5.74) is 4.75. The van der Waals surface area contributed by atoms with E-state index in [-0.39, 0.29) is 56.4 Å². The molecule has 2 atom stereocenters. The van der Waals surface area contributed by atoms with Gasteiger partial charge in [-0.2, -0.15) is 35.6 Å². The first-order chi connectivity index (χ1) is 30.3. The van der Waals surface area contributed by atoms with E-state index in [4.69, 9.17) is 34.8 Å². The number of nitrogens with one attached hydrogen (secondary N) is 1. The van der Waals surface area contributed by atoms with Crippen molar-refractivity contribution in [3.8, 4) is 0 Å². The van der Waals surface area contributed by atoms with Crippen LogP contribution in [-0.4, -0.2) is 109 Å². The van der Waals surface area contributed by atoms with E-state index in [1.165, 1.54) is 5.01 Å². The second-order valence-corrected chi connectivity index (χ2v) is 19.8. The summed E-state index contributed by atoms with van der Waals surface area (Å²) in [6, 6.07) is 32.2. The molecule has 2 saturated heterocycles. The molecule has 2 unspecified atom stereocenters. The van der Waals surface area contributed by atoms with Crippen molar-refractivity contribution in [3.05, 3.63) is 141 Å². The molecule has 0 aliphatic carbocycles. The van der Waals surface area contributed by atoms with Crippen LogP contribution in [0.15, 0.2) is 124 Å². The number of hydrazone groups is 2. The standard InChI is InChI=1S/C21H20Cl2F2N4O2S.C21H21ClF2N4O3S/c22-17-8-6-16(7-9-17)19-18(15-4-2-1-3-5-15)14-29(26-19)20(23)27-32(30,31)28-12-10-21(24,25)11-13-28;22-17-8-6-16(7-9-17)19-18(15-4-2-1-3-5-15)14-28(25-19)20(29)26-32(30,31)27-12-10-21(23,24)11-13-27/h1-9,18H,10-14H2;1-9,18H,10-14H2,(H,26,29). The van der Waals surface area contributed by atoms with Gasteiger partial charge in [-0.1, -0.05) is 108 Å². The second-order valence-electron chi connectivity index (χ2n) is 15.3. The van der Waals surface area contributed by atoms with Gasteiger partial charge < -0.3 is 0 Å². The number of nitrogens with zero attached hydrogens (tertiary/aromatic N) is 7. The number of piperidine rings is 2. The Hall–Kier alpha value is -4.63. The fraction of sp³-hybridized carbons (Fsp3) is 0.333. The Morgan fingerprint density at radius 1 is 0.609 bits per heavy atom. The Labute approximate surface area is 383 Å². The Balaban J connectivity index is 0.000000191. The minimum Gasteiger partial charge on any atom is -0.245 e. The fourth-order valence-corrected chi connectivity index (χ4v) is 10.2. The van der Waals surface area contributed by atoms with E-state index in [1.54, 1.807) is 36.4 Å². The largest absolute Gasteiger partial charge is 0.352 e. The predicted molar refractivity (Wildman–Crippen MR) is 239 cm³/mol. The second kappa shape index (κ2) is 19.5. The average Bonchev–Trinajstić information content (AvgIpc) is 3.91. The minimum absolute atomic E-state index is 0.126. The molecular formula is C42H41Cl3F4N8O5S2.